The van der Waals surface area contributed by atoms with Crippen molar-refractivity contribution < 1.29 is 9.26 Å². The summed E-state index contributed by atoms with van der Waals surface area (Å²) < 4.78 is 10.8. The van der Waals surface area contributed by atoms with E-state index in [9.17, 15) is 0 Å². The molecule has 2 aliphatic carbocycles. The van der Waals surface area contributed by atoms with Gasteiger partial charge in [-0.3, -0.25) is 0 Å². The molecule has 3 unspecified atom stereocenters. The Morgan fingerprint density at radius 3 is 2.78 bits per heavy atom. The van der Waals surface area contributed by atoms with Crippen molar-refractivity contribution in [3.8, 4) is 0 Å². The molecular formula is C13H21N3O2. The lowest BCUT2D eigenvalue weighted by Crippen LogP contribution is -2.20. The molecule has 3 rings (SSSR count). The van der Waals surface area contributed by atoms with E-state index in [0.29, 0.717) is 18.3 Å². The molecule has 100 valence electrons. The van der Waals surface area contributed by atoms with Gasteiger partial charge in [-0.15, -0.1) is 0 Å². The van der Waals surface area contributed by atoms with E-state index in [0.717, 1.165) is 17.7 Å². The van der Waals surface area contributed by atoms with Gasteiger partial charge < -0.3 is 15.0 Å². The highest BCUT2D eigenvalue weighted by Crippen LogP contribution is 2.62. The zero-order valence-corrected chi connectivity index (χ0v) is 11.0. The van der Waals surface area contributed by atoms with Crippen molar-refractivity contribution in [1.29, 1.82) is 0 Å². The first-order chi connectivity index (χ1) is 8.66. The molecule has 1 heterocycles. The first-order valence-electron chi connectivity index (χ1n) is 6.87. The monoisotopic (exact) mass is 251 g/mol. The summed E-state index contributed by atoms with van der Waals surface area (Å²) in [5.74, 6) is 3.47. The highest BCUT2D eigenvalue weighted by molar-refractivity contribution is 5.16. The fourth-order valence-electron chi connectivity index (χ4n) is 3.09. The minimum atomic E-state index is -0.288. The third kappa shape index (κ3) is 2.17. The first-order valence-corrected chi connectivity index (χ1v) is 6.87. The van der Waals surface area contributed by atoms with Crippen molar-refractivity contribution in [3.05, 3.63) is 11.7 Å². The maximum Gasteiger partial charge on any atom is 0.230 e. The van der Waals surface area contributed by atoms with Crippen LogP contribution in [0.25, 0.3) is 0 Å². The predicted octanol–water partition coefficient (Wildman–Crippen LogP) is 2.01. The van der Waals surface area contributed by atoms with E-state index in [4.69, 9.17) is 15.0 Å². The Labute approximate surface area is 107 Å². The molecule has 0 radical (unpaired) electrons. The van der Waals surface area contributed by atoms with E-state index in [-0.39, 0.29) is 12.1 Å². The van der Waals surface area contributed by atoms with Gasteiger partial charge in [0.15, 0.2) is 5.82 Å². The van der Waals surface area contributed by atoms with Gasteiger partial charge >= 0.3 is 0 Å². The second-order valence-electron chi connectivity index (χ2n) is 5.76. The van der Waals surface area contributed by atoms with Crippen LogP contribution in [-0.2, 0) is 4.74 Å². The van der Waals surface area contributed by atoms with Crippen molar-refractivity contribution in [2.24, 2.45) is 17.6 Å². The Balaban J connectivity index is 1.59. The number of nitrogens with zero attached hydrogens (tertiary/aromatic N) is 2. The zero-order chi connectivity index (χ0) is 12.7. The molecule has 5 heteroatoms. The molecule has 1 aromatic rings. The van der Waals surface area contributed by atoms with Gasteiger partial charge in [0.2, 0.25) is 5.89 Å². The summed E-state index contributed by atoms with van der Waals surface area (Å²) in [5, 5.41) is 3.99. The van der Waals surface area contributed by atoms with Crippen molar-refractivity contribution in [3.63, 3.8) is 0 Å². The van der Waals surface area contributed by atoms with Gasteiger partial charge in [-0.05, 0) is 38.5 Å². The SMILES string of the molecule is CC(C)OCC(N)c1noc(C2C3CCCC32)n1. The van der Waals surface area contributed by atoms with Gasteiger partial charge in [0, 0.05) is 5.92 Å². The minimum Gasteiger partial charge on any atom is -0.377 e. The summed E-state index contributed by atoms with van der Waals surface area (Å²) in [6, 6.07) is -0.288. The maximum absolute atomic E-state index is 5.98. The second kappa shape index (κ2) is 4.63. The van der Waals surface area contributed by atoms with Crippen LogP contribution in [0.3, 0.4) is 0 Å². The Morgan fingerprint density at radius 1 is 1.39 bits per heavy atom. The minimum absolute atomic E-state index is 0.171. The Hall–Kier alpha value is -0.940. The molecule has 18 heavy (non-hydrogen) atoms. The number of ether oxygens (including phenoxy) is 1. The average molecular weight is 251 g/mol. The first kappa shape index (κ1) is 12.1. The van der Waals surface area contributed by atoms with Crippen molar-refractivity contribution >= 4 is 0 Å². The summed E-state index contributed by atoms with van der Waals surface area (Å²) >= 11 is 0. The molecule has 3 atom stereocenters. The fourth-order valence-corrected chi connectivity index (χ4v) is 3.09. The van der Waals surface area contributed by atoms with Crippen LogP contribution >= 0.6 is 0 Å². The molecule has 2 saturated carbocycles. The van der Waals surface area contributed by atoms with E-state index in [1.165, 1.54) is 19.3 Å². The van der Waals surface area contributed by atoms with E-state index in [1.54, 1.807) is 0 Å². The number of aromatic nitrogens is 2. The Bertz CT molecular complexity index is 408. The van der Waals surface area contributed by atoms with Crippen LogP contribution in [0.4, 0.5) is 0 Å². The average Bonchev–Trinajstić information content (AvgIpc) is 2.79. The standard InChI is InChI=1S/C13H21N3O2/c1-7(2)17-6-10(14)12-15-13(18-16-12)11-8-4-3-5-9(8)11/h7-11H,3-6,14H2,1-2H3. The van der Waals surface area contributed by atoms with Crippen LogP contribution in [0.15, 0.2) is 4.52 Å². The van der Waals surface area contributed by atoms with Crippen LogP contribution in [0.1, 0.15) is 56.8 Å². The molecule has 0 amide bonds. The van der Waals surface area contributed by atoms with Gasteiger partial charge in [-0.1, -0.05) is 11.6 Å². The molecule has 2 N–H and O–H groups in total. The van der Waals surface area contributed by atoms with Gasteiger partial charge in [0.25, 0.3) is 0 Å². The summed E-state index contributed by atoms with van der Waals surface area (Å²) in [4.78, 5) is 4.45. The quantitative estimate of drug-likeness (QED) is 0.866. The van der Waals surface area contributed by atoms with E-state index >= 15 is 0 Å². The molecule has 0 bridgehead atoms. The fraction of sp³-hybridized carbons (Fsp3) is 0.846. The molecule has 2 fully saturated rings. The predicted molar refractivity (Wildman–Crippen MR) is 65.9 cm³/mol. The third-order valence-electron chi connectivity index (χ3n) is 4.09. The molecule has 1 aromatic heterocycles. The highest BCUT2D eigenvalue weighted by atomic mass is 16.5. The van der Waals surface area contributed by atoms with E-state index in [1.807, 2.05) is 13.8 Å². The van der Waals surface area contributed by atoms with E-state index in [2.05, 4.69) is 10.1 Å². The summed E-state index contributed by atoms with van der Waals surface area (Å²) in [7, 11) is 0. The van der Waals surface area contributed by atoms with Gasteiger partial charge in [-0.2, -0.15) is 4.98 Å². The van der Waals surface area contributed by atoms with Gasteiger partial charge in [0.05, 0.1) is 18.8 Å². The molecule has 0 saturated heterocycles. The van der Waals surface area contributed by atoms with Crippen molar-refractivity contribution in [2.45, 2.75) is 51.2 Å². The molecule has 0 aromatic carbocycles. The van der Waals surface area contributed by atoms with Crippen LogP contribution in [-0.4, -0.2) is 22.9 Å². The molecule has 0 spiro atoms. The van der Waals surface area contributed by atoms with Crippen LogP contribution in [0, 0.1) is 11.8 Å². The summed E-state index contributed by atoms with van der Waals surface area (Å²) in [6.45, 7) is 4.41. The second-order valence-corrected chi connectivity index (χ2v) is 5.76. The Morgan fingerprint density at radius 2 is 2.11 bits per heavy atom. The largest absolute Gasteiger partial charge is 0.377 e. The summed E-state index contributed by atoms with van der Waals surface area (Å²) in [6.07, 6.45) is 4.16. The normalized spacial score (nSPS) is 31.7. The smallest absolute Gasteiger partial charge is 0.230 e. The highest BCUT2D eigenvalue weighted by Gasteiger charge is 2.56. The molecule has 5 nitrogen and oxygen atoms in total. The lowest BCUT2D eigenvalue weighted by Gasteiger charge is -2.10. The topological polar surface area (TPSA) is 74.2 Å². The van der Waals surface area contributed by atoms with Gasteiger partial charge in [0.1, 0.15) is 0 Å². The van der Waals surface area contributed by atoms with Crippen LogP contribution < -0.4 is 5.73 Å². The maximum atomic E-state index is 5.98. The summed E-state index contributed by atoms with van der Waals surface area (Å²) in [5.41, 5.74) is 5.98. The Kier molecular flexibility index (Phi) is 3.11. The molecule has 0 aliphatic heterocycles. The number of fused-ring (bicyclic) bond motifs is 1. The molecule has 2 aliphatic rings. The molecular weight excluding hydrogens is 230 g/mol. The number of rotatable bonds is 5. The van der Waals surface area contributed by atoms with Gasteiger partial charge in [-0.25, -0.2) is 0 Å². The van der Waals surface area contributed by atoms with Crippen LogP contribution in [0.5, 0.6) is 0 Å². The zero-order valence-electron chi connectivity index (χ0n) is 11.0. The van der Waals surface area contributed by atoms with Crippen molar-refractivity contribution in [2.75, 3.05) is 6.61 Å². The van der Waals surface area contributed by atoms with E-state index < -0.39 is 0 Å². The number of hydrogen-bond donors (Lipinski definition) is 1. The van der Waals surface area contributed by atoms with Crippen molar-refractivity contribution in [1.82, 2.24) is 10.1 Å². The number of hydrogen-bond acceptors (Lipinski definition) is 5. The number of nitrogens with two attached hydrogens (primary N) is 1. The lowest BCUT2D eigenvalue weighted by molar-refractivity contribution is 0.0665. The van der Waals surface area contributed by atoms with Crippen LogP contribution in [0.2, 0.25) is 0 Å². The third-order valence-corrected chi connectivity index (χ3v) is 4.09. The lowest BCUT2D eigenvalue weighted by atomic mass is 10.1.